The van der Waals surface area contributed by atoms with E-state index in [1.165, 1.54) is 0 Å². The smallest absolute Gasteiger partial charge is 0.472 e. The summed E-state index contributed by atoms with van der Waals surface area (Å²) in [6.07, 6.45) is 21.3. The lowest BCUT2D eigenvalue weighted by Crippen LogP contribution is -2.43. The topological polar surface area (TPSA) is 169 Å². The molecule has 0 saturated heterocycles. The standard InChI is InChI=1S/C30H54NO10P/c1-3-5-7-9-10-11-12-13-14-15-16-18-19-21-28(33)31-27(30(35)36)25-41-42(37,38)40-24-26(32)23-39-29(34)22-20-17-8-6-4-2/h7,9,11-12,26-27,32H,3-6,8,10,13-25H2,1-2H3,(H,31,33)(H,35,36)(H,37,38)/b9-7-,12-11-. The second-order valence-corrected chi connectivity index (χ2v) is 11.7. The molecule has 0 aliphatic carbocycles. The predicted molar refractivity (Wildman–Crippen MR) is 162 cm³/mol. The number of aliphatic carboxylic acids is 1. The number of amides is 1. The molecule has 0 rings (SSSR count). The van der Waals surface area contributed by atoms with Crippen molar-refractivity contribution in [3.8, 4) is 0 Å². The maximum absolute atomic E-state index is 12.2. The highest BCUT2D eigenvalue weighted by molar-refractivity contribution is 7.47. The van der Waals surface area contributed by atoms with Gasteiger partial charge in [-0.2, -0.15) is 0 Å². The van der Waals surface area contributed by atoms with Gasteiger partial charge in [0.25, 0.3) is 0 Å². The molecular formula is C30H54NO10P. The second-order valence-electron chi connectivity index (χ2n) is 10.3. The number of ether oxygens (including phenoxy) is 1. The number of carbonyl (C=O) groups is 3. The van der Waals surface area contributed by atoms with E-state index in [9.17, 15) is 34.1 Å². The number of nitrogens with one attached hydrogen (secondary N) is 1. The van der Waals surface area contributed by atoms with Crippen LogP contribution >= 0.6 is 7.82 Å². The first kappa shape index (κ1) is 40.0. The molecular weight excluding hydrogens is 565 g/mol. The molecule has 11 nitrogen and oxygen atoms in total. The summed E-state index contributed by atoms with van der Waals surface area (Å²) in [4.78, 5) is 45.1. The van der Waals surface area contributed by atoms with Gasteiger partial charge in [0.05, 0.1) is 13.2 Å². The lowest BCUT2D eigenvalue weighted by Gasteiger charge is -2.18. The third kappa shape index (κ3) is 25.7. The molecule has 0 spiro atoms. The summed E-state index contributed by atoms with van der Waals surface area (Å²) in [6.45, 7) is 2.35. The van der Waals surface area contributed by atoms with E-state index in [-0.39, 0.29) is 12.8 Å². The fourth-order valence-electron chi connectivity index (χ4n) is 3.76. The summed E-state index contributed by atoms with van der Waals surface area (Å²) in [5.74, 6) is -2.41. The van der Waals surface area contributed by atoms with Crippen molar-refractivity contribution in [3.05, 3.63) is 24.3 Å². The Morgan fingerprint density at radius 1 is 0.762 bits per heavy atom. The number of unbranched alkanes of at least 4 members (excludes halogenated alkanes) is 10. The maximum Gasteiger partial charge on any atom is 0.472 e. The monoisotopic (exact) mass is 619 g/mol. The molecule has 0 saturated carbocycles. The van der Waals surface area contributed by atoms with Gasteiger partial charge in [-0.15, -0.1) is 0 Å². The Balaban J connectivity index is 4.10. The molecule has 1 amide bonds. The fourth-order valence-corrected chi connectivity index (χ4v) is 4.53. The van der Waals surface area contributed by atoms with E-state index in [0.29, 0.717) is 12.8 Å². The van der Waals surface area contributed by atoms with Crippen LogP contribution in [0.3, 0.4) is 0 Å². The molecule has 4 N–H and O–H groups in total. The number of aliphatic hydroxyl groups excluding tert-OH is 1. The Morgan fingerprint density at radius 3 is 2.02 bits per heavy atom. The van der Waals surface area contributed by atoms with Crippen molar-refractivity contribution in [2.75, 3.05) is 19.8 Å². The molecule has 0 aromatic carbocycles. The molecule has 0 bridgehead atoms. The van der Waals surface area contributed by atoms with E-state index in [4.69, 9.17) is 9.26 Å². The van der Waals surface area contributed by atoms with Crippen molar-refractivity contribution in [2.45, 2.75) is 129 Å². The Kier molecular flexibility index (Phi) is 25.3. The van der Waals surface area contributed by atoms with Crippen LogP contribution in [0.4, 0.5) is 0 Å². The van der Waals surface area contributed by atoms with Crippen LogP contribution in [0.25, 0.3) is 0 Å². The highest BCUT2D eigenvalue weighted by atomic mass is 31.2. The van der Waals surface area contributed by atoms with Crippen LogP contribution in [0, 0.1) is 0 Å². The van der Waals surface area contributed by atoms with Gasteiger partial charge in [-0.3, -0.25) is 18.6 Å². The number of esters is 1. The van der Waals surface area contributed by atoms with Gasteiger partial charge in [-0.1, -0.05) is 89.5 Å². The van der Waals surface area contributed by atoms with Crippen molar-refractivity contribution in [3.63, 3.8) is 0 Å². The molecule has 0 aromatic rings. The summed E-state index contributed by atoms with van der Waals surface area (Å²) < 4.78 is 26.4. The van der Waals surface area contributed by atoms with Crippen molar-refractivity contribution in [2.24, 2.45) is 0 Å². The zero-order valence-electron chi connectivity index (χ0n) is 25.5. The number of hydrogen-bond acceptors (Lipinski definition) is 8. The molecule has 0 heterocycles. The van der Waals surface area contributed by atoms with E-state index in [1.807, 2.05) is 0 Å². The quantitative estimate of drug-likeness (QED) is 0.0353. The molecule has 3 unspecified atom stereocenters. The van der Waals surface area contributed by atoms with E-state index in [0.717, 1.165) is 77.0 Å². The minimum atomic E-state index is -4.73. The number of rotatable bonds is 28. The number of carboxylic acids is 1. The van der Waals surface area contributed by atoms with Crippen molar-refractivity contribution < 1.29 is 47.8 Å². The molecule has 3 atom stereocenters. The van der Waals surface area contributed by atoms with Gasteiger partial charge in [0.1, 0.15) is 12.7 Å². The Bertz CT molecular complexity index is 833. The van der Waals surface area contributed by atoms with E-state index in [1.54, 1.807) is 0 Å². The number of phosphoric acid groups is 1. The number of phosphoric ester groups is 1. The zero-order valence-corrected chi connectivity index (χ0v) is 26.4. The molecule has 0 radical (unpaired) electrons. The van der Waals surface area contributed by atoms with Crippen molar-refractivity contribution >= 4 is 25.7 Å². The molecule has 0 aromatic heterocycles. The third-order valence-electron chi connectivity index (χ3n) is 6.22. The summed E-state index contributed by atoms with van der Waals surface area (Å²) >= 11 is 0. The minimum Gasteiger partial charge on any atom is -0.480 e. The van der Waals surface area contributed by atoms with E-state index < -0.39 is 57.6 Å². The van der Waals surface area contributed by atoms with Crippen molar-refractivity contribution in [1.29, 1.82) is 0 Å². The normalized spacial score (nSPS) is 14.6. The first-order valence-electron chi connectivity index (χ1n) is 15.4. The Hall–Kier alpha value is -2.04. The highest BCUT2D eigenvalue weighted by Gasteiger charge is 2.28. The SMILES string of the molecule is CCC/C=C\C/C=C\CCCCCCCC(=O)NC(COP(=O)(O)OCC(O)COC(=O)CCCCCCC)C(=O)O. The average molecular weight is 620 g/mol. The van der Waals surface area contributed by atoms with Gasteiger partial charge < -0.3 is 25.2 Å². The number of allylic oxidation sites excluding steroid dienone is 4. The van der Waals surface area contributed by atoms with Crippen LogP contribution < -0.4 is 5.32 Å². The van der Waals surface area contributed by atoms with Crippen LogP contribution in [0.1, 0.15) is 117 Å². The number of hydrogen-bond donors (Lipinski definition) is 4. The van der Waals surface area contributed by atoms with Crippen LogP contribution in [0.2, 0.25) is 0 Å². The maximum atomic E-state index is 12.2. The fraction of sp³-hybridized carbons (Fsp3) is 0.767. The molecule has 12 heteroatoms. The van der Waals surface area contributed by atoms with Gasteiger partial charge >= 0.3 is 19.8 Å². The van der Waals surface area contributed by atoms with E-state index >= 15 is 0 Å². The van der Waals surface area contributed by atoms with Gasteiger partial charge in [-0.05, 0) is 38.5 Å². The summed E-state index contributed by atoms with van der Waals surface area (Å²) in [5, 5.41) is 21.5. The summed E-state index contributed by atoms with van der Waals surface area (Å²) in [7, 11) is -4.73. The van der Waals surface area contributed by atoms with Crippen LogP contribution in [-0.4, -0.2) is 64.9 Å². The lowest BCUT2D eigenvalue weighted by molar-refractivity contribution is -0.147. The minimum absolute atomic E-state index is 0.130. The Morgan fingerprint density at radius 2 is 1.36 bits per heavy atom. The van der Waals surface area contributed by atoms with Crippen LogP contribution in [0.15, 0.2) is 24.3 Å². The average Bonchev–Trinajstić information content (AvgIpc) is 2.95. The Labute approximate surface area is 251 Å². The molecule has 0 aliphatic heterocycles. The van der Waals surface area contributed by atoms with Gasteiger partial charge in [0.15, 0.2) is 6.04 Å². The zero-order chi connectivity index (χ0) is 31.5. The number of aliphatic hydroxyl groups is 1. The molecule has 42 heavy (non-hydrogen) atoms. The first-order valence-corrected chi connectivity index (χ1v) is 16.9. The molecule has 0 fully saturated rings. The van der Waals surface area contributed by atoms with E-state index in [2.05, 4.69) is 48.0 Å². The number of carbonyl (C=O) groups excluding carboxylic acids is 2. The van der Waals surface area contributed by atoms with Crippen LogP contribution in [0.5, 0.6) is 0 Å². The lowest BCUT2D eigenvalue weighted by atomic mass is 10.1. The molecule has 0 aliphatic rings. The largest absolute Gasteiger partial charge is 0.480 e. The number of carboxylic acid groups (broad SMARTS) is 1. The van der Waals surface area contributed by atoms with Crippen LogP contribution in [-0.2, 0) is 32.7 Å². The van der Waals surface area contributed by atoms with Gasteiger partial charge in [-0.25, -0.2) is 9.36 Å². The first-order chi connectivity index (χ1) is 20.1. The highest BCUT2D eigenvalue weighted by Crippen LogP contribution is 2.43. The summed E-state index contributed by atoms with van der Waals surface area (Å²) in [6, 6.07) is -1.55. The van der Waals surface area contributed by atoms with Crippen molar-refractivity contribution in [1.82, 2.24) is 5.32 Å². The summed E-state index contributed by atoms with van der Waals surface area (Å²) in [5.41, 5.74) is 0. The third-order valence-corrected chi connectivity index (χ3v) is 7.18. The molecule has 244 valence electrons. The van der Waals surface area contributed by atoms with Gasteiger partial charge in [0, 0.05) is 12.8 Å². The second kappa shape index (κ2) is 26.6. The van der Waals surface area contributed by atoms with Gasteiger partial charge in [0.2, 0.25) is 5.91 Å². The predicted octanol–water partition coefficient (Wildman–Crippen LogP) is 5.99.